The minimum absolute atomic E-state index is 0.340. The van der Waals surface area contributed by atoms with Crippen LogP contribution in [0.4, 0.5) is 0 Å². The van der Waals surface area contributed by atoms with Crippen molar-refractivity contribution in [3.8, 4) is 0 Å². The fourth-order valence-corrected chi connectivity index (χ4v) is 3.22. The summed E-state index contributed by atoms with van der Waals surface area (Å²) in [5.41, 5.74) is 0.835. The van der Waals surface area contributed by atoms with Gasteiger partial charge in [-0.3, -0.25) is 9.80 Å². The summed E-state index contributed by atoms with van der Waals surface area (Å²) in [7, 11) is 0. The third-order valence-corrected chi connectivity index (χ3v) is 5.00. The average molecular weight is 252 g/mol. The fourth-order valence-electron chi connectivity index (χ4n) is 3.22. The van der Waals surface area contributed by atoms with Gasteiger partial charge in [-0.1, -0.05) is 20.8 Å². The summed E-state index contributed by atoms with van der Waals surface area (Å²) in [6.45, 7) is 19.4. The molecule has 0 radical (unpaired) electrons. The van der Waals surface area contributed by atoms with Crippen LogP contribution >= 0.6 is 0 Å². The SMILES string of the molecule is CC(C)(C)C1CN(C2CCCN(C(C)(C)C)C2)C1. The van der Waals surface area contributed by atoms with Crippen LogP contribution in [0.15, 0.2) is 0 Å². The van der Waals surface area contributed by atoms with Crippen molar-refractivity contribution in [2.24, 2.45) is 11.3 Å². The molecule has 2 aliphatic rings. The van der Waals surface area contributed by atoms with Crippen LogP contribution in [-0.2, 0) is 0 Å². The molecule has 0 aromatic rings. The molecular formula is C16H32N2. The summed E-state index contributed by atoms with van der Waals surface area (Å²) >= 11 is 0. The summed E-state index contributed by atoms with van der Waals surface area (Å²) < 4.78 is 0. The van der Waals surface area contributed by atoms with Crippen LogP contribution in [-0.4, -0.2) is 47.6 Å². The molecule has 1 atom stereocenters. The lowest BCUT2D eigenvalue weighted by Crippen LogP contribution is -2.61. The Morgan fingerprint density at radius 3 is 2.00 bits per heavy atom. The van der Waals surface area contributed by atoms with E-state index in [0.29, 0.717) is 11.0 Å². The van der Waals surface area contributed by atoms with Gasteiger partial charge in [0.05, 0.1) is 0 Å². The topological polar surface area (TPSA) is 6.48 Å². The quantitative estimate of drug-likeness (QED) is 0.707. The van der Waals surface area contributed by atoms with Crippen LogP contribution in [0.3, 0.4) is 0 Å². The largest absolute Gasteiger partial charge is 0.298 e. The Labute approximate surface area is 114 Å². The van der Waals surface area contributed by atoms with Gasteiger partial charge in [0.25, 0.3) is 0 Å². The first-order chi connectivity index (χ1) is 8.18. The van der Waals surface area contributed by atoms with Crippen molar-refractivity contribution in [2.45, 2.75) is 66.0 Å². The Bertz CT molecular complexity index is 278. The smallest absolute Gasteiger partial charge is 0.0224 e. The van der Waals surface area contributed by atoms with E-state index in [1.807, 2.05) is 0 Å². The van der Waals surface area contributed by atoms with Gasteiger partial charge in [-0.05, 0) is 51.5 Å². The molecule has 0 amide bonds. The molecule has 106 valence electrons. The Morgan fingerprint density at radius 2 is 1.50 bits per heavy atom. The molecule has 2 heteroatoms. The minimum Gasteiger partial charge on any atom is -0.298 e. The van der Waals surface area contributed by atoms with E-state index in [1.165, 1.54) is 39.0 Å². The average Bonchev–Trinajstić information content (AvgIpc) is 2.12. The Hall–Kier alpha value is -0.0800. The maximum atomic E-state index is 2.73. The number of likely N-dealkylation sites (tertiary alicyclic amines) is 2. The van der Waals surface area contributed by atoms with Crippen molar-refractivity contribution in [1.82, 2.24) is 9.80 Å². The second-order valence-corrected chi connectivity index (χ2v) is 8.43. The monoisotopic (exact) mass is 252 g/mol. The molecule has 18 heavy (non-hydrogen) atoms. The van der Waals surface area contributed by atoms with Gasteiger partial charge in [0.15, 0.2) is 0 Å². The molecule has 2 fully saturated rings. The van der Waals surface area contributed by atoms with Gasteiger partial charge in [0.2, 0.25) is 0 Å². The van der Waals surface area contributed by atoms with Gasteiger partial charge >= 0.3 is 0 Å². The first-order valence-electron chi connectivity index (χ1n) is 7.67. The normalized spacial score (nSPS) is 29.3. The molecule has 0 spiro atoms. The van der Waals surface area contributed by atoms with E-state index in [0.717, 1.165) is 12.0 Å². The molecule has 0 bridgehead atoms. The number of nitrogens with zero attached hydrogens (tertiary/aromatic N) is 2. The van der Waals surface area contributed by atoms with Gasteiger partial charge in [-0.25, -0.2) is 0 Å². The van der Waals surface area contributed by atoms with Crippen LogP contribution in [0.2, 0.25) is 0 Å². The van der Waals surface area contributed by atoms with Gasteiger partial charge in [-0.15, -0.1) is 0 Å². The molecular weight excluding hydrogens is 220 g/mol. The van der Waals surface area contributed by atoms with Gasteiger partial charge in [0, 0.05) is 31.2 Å². The summed E-state index contributed by atoms with van der Waals surface area (Å²) in [5, 5.41) is 0. The van der Waals surface area contributed by atoms with Crippen molar-refractivity contribution in [1.29, 1.82) is 0 Å². The summed E-state index contributed by atoms with van der Waals surface area (Å²) in [4.78, 5) is 5.40. The Morgan fingerprint density at radius 1 is 0.889 bits per heavy atom. The molecule has 2 heterocycles. The standard InChI is InChI=1S/C16H32N2/c1-15(2,3)13-10-17(11-13)14-8-7-9-18(12-14)16(4,5)6/h13-14H,7-12H2,1-6H3. The predicted molar refractivity (Wildman–Crippen MR) is 78.9 cm³/mol. The van der Waals surface area contributed by atoms with Crippen LogP contribution in [0.1, 0.15) is 54.4 Å². The van der Waals surface area contributed by atoms with Gasteiger partial charge in [-0.2, -0.15) is 0 Å². The summed E-state index contributed by atoms with van der Waals surface area (Å²) in [6.07, 6.45) is 2.78. The third kappa shape index (κ3) is 3.08. The summed E-state index contributed by atoms with van der Waals surface area (Å²) in [5.74, 6) is 0.905. The third-order valence-electron chi connectivity index (χ3n) is 5.00. The van der Waals surface area contributed by atoms with E-state index >= 15 is 0 Å². The second-order valence-electron chi connectivity index (χ2n) is 8.43. The molecule has 1 unspecified atom stereocenters. The number of hydrogen-bond acceptors (Lipinski definition) is 2. The molecule has 0 saturated carbocycles. The van der Waals surface area contributed by atoms with E-state index in [1.54, 1.807) is 0 Å². The highest BCUT2D eigenvalue weighted by molar-refractivity contribution is 4.95. The highest BCUT2D eigenvalue weighted by atomic mass is 15.3. The predicted octanol–water partition coefficient (Wildman–Crippen LogP) is 3.23. The van der Waals surface area contributed by atoms with Crippen molar-refractivity contribution < 1.29 is 0 Å². The zero-order valence-electron chi connectivity index (χ0n) is 13.3. The summed E-state index contributed by atoms with van der Waals surface area (Å²) in [6, 6.07) is 0.816. The fraction of sp³-hybridized carbons (Fsp3) is 1.00. The van der Waals surface area contributed by atoms with Crippen molar-refractivity contribution in [2.75, 3.05) is 26.2 Å². The van der Waals surface area contributed by atoms with E-state index in [-0.39, 0.29) is 0 Å². The zero-order valence-corrected chi connectivity index (χ0v) is 13.3. The molecule has 0 aromatic heterocycles. The van der Waals surface area contributed by atoms with Crippen LogP contribution in [0, 0.1) is 11.3 Å². The van der Waals surface area contributed by atoms with Crippen molar-refractivity contribution in [3.05, 3.63) is 0 Å². The van der Waals surface area contributed by atoms with Crippen molar-refractivity contribution >= 4 is 0 Å². The maximum Gasteiger partial charge on any atom is 0.0224 e. The van der Waals surface area contributed by atoms with Crippen LogP contribution < -0.4 is 0 Å². The minimum atomic E-state index is 0.340. The Kier molecular flexibility index (Phi) is 3.81. The molecule has 0 N–H and O–H groups in total. The first-order valence-corrected chi connectivity index (χ1v) is 7.67. The van der Waals surface area contributed by atoms with E-state index in [2.05, 4.69) is 51.3 Å². The highest BCUT2D eigenvalue weighted by Gasteiger charge is 2.40. The number of rotatable bonds is 1. The lowest BCUT2D eigenvalue weighted by molar-refractivity contribution is -0.0422. The zero-order chi connectivity index (χ0) is 13.6. The molecule has 2 aliphatic heterocycles. The maximum absolute atomic E-state index is 2.73. The lowest BCUT2D eigenvalue weighted by Gasteiger charge is -2.53. The van der Waals surface area contributed by atoms with Gasteiger partial charge in [0.1, 0.15) is 0 Å². The van der Waals surface area contributed by atoms with E-state index in [9.17, 15) is 0 Å². The van der Waals surface area contributed by atoms with Crippen molar-refractivity contribution in [3.63, 3.8) is 0 Å². The Balaban J connectivity index is 1.85. The molecule has 2 saturated heterocycles. The van der Waals surface area contributed by atoms with Crippen LogP contribution in [0.5, 0.6) is 0 Å². The molecule has 0 aliphatic carbocycles. The number of piperidine rings is 1. The molecule has 0 aromatic carbocycles. The van der Waals surface area contributed by atoms with E-state index in [4.69, 9.17) is 0 Å². The lowest BCUT2D eigenvalue weighted by atomic mass is 9.75. The molecule has 2 rings (SSSR count). The highest BCUT2D eigenvalue weighted by Crippen LogP contribution is 2.36. The number of hydrogen-bond donors (Lipinski definition) is 0. The molecule has 2 nitrogen and oxygen atoms in total. The van der Waals surface area contributed by atoms with Gasteiger partial charge < -0.3 is 0 Å². The van der Waals surface area contributed by atoms with E-state index < -0.39 is 0 Å². The van der Waals surface area contributed by atoms with Crippen LogP contribution in [0.25, 0.3) is 0 Å². The first kappa shape index (κ1) is 14.3. The second kappa shape index (κ2) is 4.79.